The van der Waals surface area contributed by atoms with Gasteiger partial charge in [0.2, 0.25) is 11.8 Å². The molecule has 0 spiro atoms. The van der Waals surface area contributed by atoms with Crippen molar-refractivity contribution in [2.45, 2.75) is 31.1 Å². The van der Waals surface area contributed by atoms with E-state index in [1.165, 1.54) is 18.2 Å². The van der Waals surface area contributed by atoms with Crippen molar-refractivity contribution in [1.29, 1.82) is 0 Å². The van der Waals surface area contributed by atoms with E-state index in [2.05, 4.69) is 0 Å². The Morgan fingerprint density at radius 2 is 1.52 bits per heavy atom. The van der Waals surface area contributed by atoms with Gasteiger partial charge in [-0.2, -0.15) is 0 Å². The van der Waals surface area contributed by atoms with Gasteiger partial charge in [0.15, 0.2) is 11.6 Å². The third-order valence-electron chi connectivity index (χ3n) is 11.4. The Morgan fingerprint density at radius 1 is 0.800 bits per heavy atom. The predicted octanol–water partition coefficient (Wildman–Crippen LogP) is 4.41. The maximum atomic E-state index is 15.1. The number of carbonyl (C=O) groups is 4. The first-order valence-electron chi connectivity index (χ1n) is 16.9. The fourth-order valence-electron chi connectivity index (χ4n) is 9.19. The first-order valence-corrected chi connectivity index (χ1v) is 16.9. The van der Waals surface area contributed by atoms with Gasteiger partial charge in [-0.15, -0.1) is 0 Å². The number of aryl methyl sites for hydroxylation is 1. The molecule has 1 saturated heterocycles. The number of aromatic hydroxyl groups is 1. The lowest BCUT2D eigenvalue weighted by atomic mass is 9.44. The fourth-order valence-corrected chi connectivity index (χ4v) is 9.19. The van der Waals surface area contributed by atoms with Gasteiger partial charge >= 0.3 is 7.12 Å². The normalized spacial score (nSPS) is 27.3. The molecule has 4 aromatic carbocycles. The van der Waals surface area contributed by atoms with Gasteiger partial charge in [-0.3, -0.25) is 24.1 Å². The zero-order valence-electron chi connectivity index (χ0n) is 27.3. The number of allylic oxidation sites excluding steroid dienone is 4. The first kappa shape index (κ1) is 31.9. The molecule has 8 nitrogen and oxygen atoms in total. The Hall–Kier alpha value is -5.38. The number of amides is 2. The van der Waals surface area contributed by atoms with E-state index >= 15 is 4.79 Å². The monoisotopic (exact) mass is 663 g/mol. The van der Waals surface area contributed by atoms with E-state index in [0.717, 1.165) is 16.0 Å². The van der Waals surface area contributed by atoms with Gasteiger partial charge < -0.3 is 15.2 Å². The topological polar surface area (TPSA) is 132 Å². The minimum Gasteiger partial charge on any atom is -0.508 e. The van der Waals surface area contributed by atoms with Gasteiger partial charge in [-0.1, -0.05) is 96.6 Å². The Bertz CT molecular complexity index is 2140. The number of anilines is 1. The van der Waals surface area contributed by atoms with Crippen molar-refractivity contribution in [2.75, 3.05) is 4.90 Å². The Kier molecular flexibility index (Phi) is 7.58. The number of hydrogen-bond donors (Lipinski definition) is 3. The highest BCUT2D eigenvalue weighted by Gasteiger charge is 2.66. The second-order valence-corrected chi connectivity index (χ2v) is 13.8. The summed E-state index contributed by atoms with van der Waals surface area (Å²) in [4.78, 5) is 59.8. The summed E-state index contributed by atoms with van der Waals surface area (Å²) < 4.78 is 0. The highest BCUT2D eigenvalue weighted by molar-refractivity contribution is 6.58. The van der Waals surface area contributed by atoms with E-state index in [1.54, 1.807) is 31.2 Å². The van der Waals surface area contributed by atoms with E-state index < -0.39 is 48.0 Å². The third-order valence-corrected chi connectivity index (χ3v) is 11.4. The van der Waals surface area contributed by atoms with E-state index in [0.29, 0.717) is 22.3 Å². The van der Waals surface area contributed by atoms with Crippen molar-refractivity contribution in [3.63, 3.8) is 0 Å². The van der Waals surface area contributed by atoms with Gasteiger partial charge in [0.25, 0.3) is 0 Å². The van der Waals surface area contributed by atoms with Crippen molar-refractivity contribution in [1.82, 2.24) is 0 Å². The molecule has 0 radical (unpaired) electrons. The van der Waals surface area contributed by atoms with Crippen molar-refractivity contribution in [3.8, 4) is 5.75 Å². The minimum absolute atomic E-state index is 0.101. The second-order valence-electron chi connectivity index (χ2n) is 13.8. The number of fused-ring (bicyclic) bond motifs is 4. The number of ketones is 2. The summed E-state index contributed by atoms with van der Waals surface area (Å²) in [6, 6.07) is 29.8. The SMILES string of the molecule is Cc1cc(C2C3=CCC4C(=O)N(c5cccc(B(O)O)c5)C(=O)C4C3CC3C(=O)C(c4ccccc4)=CC(=O)C32c2ccccc2)ccc1O. The maximum Gasteiger partial charge on any atom is 0.488 e. The lowest BCUT2D eigenvalue weighted by Crippen LogP contribution is -2.58. The summed E-state index contributed by atoms with van der Waals surface area (Å²) in [5.41, 5.74) is 2.87. The number of phenolic OH excluding ortho intramolecular Hbond substituents is 1. The van der Waals surface area contributed by atoms with Crippen molar-refractivity contribution in [3.05, 3.63) is 143 Å². The molecule has 50 heavy (non-hydrogen) atoms. The minimum atomic E-state index is -1.78. The number of rotatable bonds is 5. The van der Waals surface area contributed by atoms with Crippen LogP contribution in [0.3, 0.4) is 0 Å². The zero-order chi connectivity index (χ0) is 34.9. The van der Waals surface area contributed by atoms with E-state index in [1.807, 2.05) is 72.8 Å². The molecule has 0 bridgehead atoms. The van der Waals surface area contributed by atoms with Gasteiger partial charge in [0.1, 0.15) is 5.75 Å². The van der Waals surface area contributed by atoms with Crippen LogP contribution in [0.25, 0.3) is 5.57 Å². The van der Waals surface area contributed by atoms with Crippen LogP contribution in [0.2, 0.25) is 0 Å². The molecular formula is C41H34BNO7. The molecule has 8 rings (SSSR count). The van der Waals surface area contributed by atoms with Gasteiger partial charge in [-0.05, 0) is 77.7 Å². The lowest BCUT2D eigenvalue weighted by Gasteiger charge is -2.55. The first-order chi connectivity index (χ1) is 24.1. The lowest BCUT2D eigenvalue weighted by molar-refractivity contribution is -0.135. The van der Waals surface area contributed by atoms with Crippen LogP contribution in [-0.4, -0.2) is 45.7 Å². The molecule has 4 aromatic rings. The molecule has 3 N–H and O–H groups in total. The van der Waals surface area contributed by atoms with Gasteiger partial charge in [0.05, 0.1) is 22.9 Å². The Labute approximate surface area is 289 Å². The van der Waals surface area contributed by atoms with E-state index in [-0.39, 0.29) is 47.2 Å². The molecule has 6 unspecified atom stereocenters. The van der Waals surface area contributed by atoms with Crippen LogP contribution >= 0.6 is 0 Å². The van der Waals surface area contributed by atoms with Gasteiger partial charge in [-0.25, -0.2) is 0 Å². The van der Waals surface area contributed by atoms with Gasteiger partial charge in [0, 0.05) is 17.4 Å². The summed E-state index contributed by atoms with van der Waals surface area (Å²) in [6.07, 6.45) is 3.92. The number of benzene rings is 4. The molecule has 1 heterocycles. The molecular weight excluding hydrogens is 629 g/mol. The highest BCUT2D eigenvalue weighted by Crippen LogP contribution is 2.63. The molecule has 4 aliphatic rings. The summed E-state index contributed by atoms with van der Waals surface area (Å²) in [5, 5.41) is 30.2. The number of Topliss-reactive ketones (excluding diaryl/α,β-unsaturated/α-hetero) is 1. The van der Waals surface area contributed by atoms with E-state index in [9.17, 15) is 29.5 Å². The largest absolute Gasteiger partial charge is 0.508 e. The molecule has 0 aromatic heterocycles. The summed E-state index contributed by atoms with van der Waals surface area (Å²) in [5.74, 6) is -4.69. The fraction of sp³-hybridized carbons (Fsp3) is 0.220. The zero-order valence-corrected chi connectivity index (χ0v) is 27.3. The van der Waals surface area contributed by atoms with Crippen molar-refractivity contribution >= 4 is 47.2 Å². The molecule has 1 aliphatic heterocycles. The standard InChI is InChI=1S/C41H34BNO7/c1-23-19-25(15-18-34(23)44)37-29-16-17-30-36(40(48)43(39(30)47)28-14-8-13-27(20-28)42(49)50)32(29)21-33-38(46)31(24-9-4-2-5-10-24)22-35(45)41(33,37)26-11-6-3-7-12-26/h2-16,18-20,22,30,32-33,36-37,44,49-50H,17,21H2,1H3. The van der Waals surface area contributed by atoms with Crippen LogP contribution in [0.5, 0.6) is 5.75 Å². The molecule has 6 atom stereocenters. The quantitative estimate of drug-likeness (QED) is 0.164. The average Bonchev–Trinajstić information content (AvgIpc) is 3.39. The number of nitrogens with zero attached hydrogens (tertiary/aromatic N) is 1. The average molecular weight is 664 g/mol. The number of phenols is 1. The molecule has 248 valence electrons. The van der Waals surface area contributed by atoms with Crippen molar-refractivity contribution in [2.24, 2.45) is 23.7 Å². The number of carbonyl (C=O) groups excluding carboxylic acids is 4. The molecule has 9 heteroatoms. The number of hydrogen-bond acceptors (Lipinski definition) is 7. The third kappa shape index (κ3) is 4.61. The smallest absolute Gasteiger partial charge is 0.488 e. The van der Waals surface area contributed by atoms with Crippen LogP contribution in [-0.2, 0) is 24.6 Å². The molecule has 1 saturated carbocycles. The van der Waals surface area contributed by atoms with Crippen LogP contribution in [0.15, 0.2) is 121 Å². The molecule has 2 fully saturated rings. The van der Waals surface area contributed by atoms with Crippen LogP contribution in [0, 0.1) is 30.6 Å². The molecule has 2 amide bonds. The van der Waals surface area contributed by atoms with Crippen LogP contribution < -0.4 is 10.4 Å². The summed E-state index contributed by atoms with van der Waals surface area (Å²) in [6.45, 7) is 1.78. The van der Waals surface area contributed by atoms with Crippen LogP contribution in [0.4, 0.5) is 5.69 Å². The summed E-state index contributed by atoms with van der Waals surface area (Å²) in [7, 11) is -1.78. The Balaban J connectivity index is 1.34. The predicted molar refractivity (Wildman–Crippen MR) is 188 cm³/mol. The molecule has 3 aliphatic carbocycles. The second kappa shape index (κ2) is 11.9. The van der Waals surface area contributed by atoms with Crippen LogP contribution in [0.1, 0.15) is 41.0 Å². The maximum absolute atomic E-state index is 15.1. The Morgan fingerprint density at radius 3 is 2.22 bits per heavy atom. The van der Waals surface area contributed by atoms with Crippen molar-refractivity contribution < 1.29 is 34.3 Å². The summed E-state index contributed by atoms with van der Waals surface area (Å²) >= 11 is 0. The highest BCUT2D eigenvalue weighted by atomic mass is 16.4. The number of imide groups is 1. The van der Waals surface area contributed by atoms with E-state index in [4.69, 9.17) is 0 Å².